The number of hydrogen-bond donors (Lipinski definition) is 1. The molecule has 0 aliphatic heterocycles. The molecule has 0 amide bonds. The van der Waals surface area contributed by atoms with Gasteiger partial charge in [0.25, 0.3) is 0 Å². The fourth-order valence-corrected chi connectivity index (χ4v) is 10.0. The molecule has 0 radical (unpaired) electrons. The van der Waals surface area contributed by atoms with Gasteiger partial charge in [0.2, 0.25) is 0 Å². The third-order valence-electron chi connectivity index (χ3n) is 12.8. The van der Waals surface area contributed by atoms with Crippen molar-refractivity contribution in [3.63, 3.8) is 0 Å². The molecule has 9 atom stereocenters. The Labute approximate surface area is 203 Å². The van der Waals surface area contributed by atoms with Crippen LogP contribution in [0.5, 0.6) is 0 Å². The summed E-state index contributed by atoms with van der Waals surface area (Å²) in [4.78, 5) is 12.2. The van der Waals surface area contributed by atoms with Gasteiger partial charge in [-0.15, -0.1) is 0 Å². The summed E-state index contributed by atoms with van der Waals surface area (Å²) in [6, 6.07) is 0. The molecule has 33 heavy (non-hydrogen) atoms. The number of methoxy groups -OCH3 is 1. The molecule has 4 fully saturated rings. The molecule has 0 bridgehead atoms. The van der Waals surface area contributed by atoms with E-state index < -0.39 is 12.1 Å². The van der Waals surface area contributed by atoms with Gasteiger partial charge in [-0.3, -0.25) is 0 Å². The number of hydrogen-bond acceptors (Lipinski definition) is 3. The van der Waals surface area contributed by atoms with Gasteiger partial charge in [-0.2, -0.15) is 0 Å². The molecule has 4 aliphatic carbocycles. The van der Waals surface area contributed by atoms with E-state index in [-0.39, 0.29) is 5.41 Å². The molecule has 0 saturated heterocycles. The fraction of sp³-hybridized carbons (Fsp3) is 0.967. The fourth-order valence-electron chi connectivity index (χ4n) is 10.0. The van der Waals surface area contributed by atoms with Crippen LogP contribution >= 0.6 is 0 Å². The van der Waals surface area contributed by atoms with Crippen molar-refractivity contribution in [2.24, 2.45) is 50.7 Å². The van der Waals surface area contributed by atoms with Gasteiger partial charge in [-0.25, -0.2) is 4.79 Å². The first-order valence-electron chi connectivity index (χ1n) is 14.0. The van der Waals surface area contributed by atoms with Gasteiger partial charge >= 0.3 is 5.97 Å². The van der Waals surface area contributed by atoms with E-state index in [1.54, 1.807) is 0 Å². The third-order valence-corrected chi connectivity index (χ3v) is 12.8. The smallest absolute Gasteiger partial charge is 0.334 e. The zero-order valence-electron chi connectivity index (χ0n) is 22.9. The molecule has 1 N–H and O–H groups in total. The standard InChI is InChI=1S/C30H52O3/c1-9-27(4)12-11-21-20(22(27)18-23(31)25(32)33-8)10-13-30(7)24-19-26(2,3)14-15-28(24,5)16-17-29(21,30)6/h20-24,31H,9-19H2,1-8H3/t20-,21+,22+,23-,24-,27+,28-,29-,30+/m1/s1. The number of ether oxygens (including phenoxy) is 1. The van der Waals surface area contributed by atoms with Crippen molar-refractivity contribution >= 4 is 5.97 Å². The highest BCUT2D eigenvalue weighted by molar-refractivity contribution is 5.74. The van der Waals surface area contributed by atoms with Gasteiger partial charge in [0.05, 0.1) is 7.11 Å². The summed E-state index contributed by atoms with van der Waals surface area (Å²) in [5, 5.41) is 10.7. The molecule has 3 nitrogen and oxygen atoms in total. The number of carbonyl (C=O) groups is 1. The zero-order valence-corrected chi connectivity index (χ0v) is 22.9. The summed E-state index contributed by atoms with van der Waals surface area (Å²) in [5.74, 6) is 2.07. The second-order valence-corrected chi connectivity index (χ2v) is 14.6. The average Bonchev–Trinajstić information content (AvgIpc) is 2.77. The van der Waals surface area contributed by atoms with Crippen LogP contribution in [0.3, 0.4) is 0 Å². The van der Waals surface area contributed by atoms with Crippen molar-refractivity contribution in [3.05, 3.63) is 0 Å². The molecule has 0 unspecified atom stereocenters. The molecule has 0 aromatic heterocycles. The molecular formula is C30H52O3. The lowest BCUT2D eigenvalue weighted by atomic mass is 9.33. The number of aliphatic hydroxyl groups is 1. The van der Waals surface area contributed by atoms with E-state index in [9.17, 15) is 9.90 Å². The van der Waals surface area contributed by atoms with E-state index in [1.165, 1.54) is 64.9 Å². The highest BCUT2D eigenvalue weighted by Crippen LogP contribution is 2.75. The number of carbonyl (C=O) groups excluding carboxylic acids is 1. The second kappa shape index (κ2) is 8.24. The van der Waals surface area contributed by atoms with E-state index in [0.29, 0.717) is 45.8 Å². The quantitative estimate of drug-likeness (QED) is 0.444. The Morgan fingerprint density at radius 1 is 0.939 bits per heavy atom. The Bertz CT molecular complexity index is 760. The summed E-state index contributed by atoms with van der Waals surface area (Å²) < 4.78 is 4.91. The van der Waals surface area contributed by atoms with Gasteiger partial charge in [0.15, 0.2) is 6.10 Å². The molecule has 0 spiro atoms. The molecular weight excluding hydrogens is 408 g/mol. The van der Waals surface area contributed by atoms with E-state index in [4.69, 9.17) is 4.74 Å². The Balaban J connectivity index is 1.68. The van der Waals surface area contributed by atoms with Crippen LogP contribution in [0.1, 0.15) is 119 Å². The topological polar surface area (TPSA) is 46.5 Å². The largest absolute Gasteiger partial charge is 0.467 e. The Kier molecular flexibility index (Phi) is 6.37. The number of rotatable bonds is 4. The number of esters is 1. The van der Waals surface area contributed by atoms with E-state index in [1.807, 2.05) is 0 Å². The van der Waals surface area contributed by atoms with E-state index in [0.717, 1.165) is 12.3 Å². The summed E-state index contributed by atoms with van der Waals surface area (Å²) in [6.07, 6.45) is 12.7. The van der Waals surface area contributed by atoms with E-state index in [2.05, 4.69) is 48.5 Å². The van der Waals surface area contributed by atoms with Crippen LogP contribution in [0.15, 0.2) is 0 Å². The predicted molar refractivity (Wildman–Crippen MR) is 135 cm³/mol. The monoisotopic (exact) mass is 460 g/mol. The maximum Gasteiger partial charge on any atom is 0.334 e. The van der Waals surface area contributed by atoms with Crippen LogP contribution in [0.2, 0.25) is 0 Å². The predicted octanol–water partition coefficient (Wildman–Crippen LogP) is 7.40. The molecule has 0 aromatic rings. The summed E-state index contributed by atoms with van der Waals surface area (Å²) >= 11 is 0. The van der Waals surface area contributed by atoms with Crippen LogP contribution < -0.4 is 0 Å². The lowest BCUT2D eigenvalue weighted by Gasteiger charge is -2.71. The van der Waals surface area contributed by atoms with Crippen molar-refractivity contribution in [3.8, 4) is 0 Å². The lowest BCUT2D eigenvalue weighted by Crippen LogP contribution is -2.64. The van der Waals surface area contributed by atoms with Crippen molar-refractivity contribution in [1.82, 2.24) is 0 Å². The maximum absolute atomic E-state index is 12.2. The van der Waals surface area contributed by atoms with Crippen LogP contribution in [-0.4, -0.2) is 24.3 Å². The van der Waals surface area contributed by atoms with Crippen molar-refractivity contribution in [2.45, 2.75) is 125 Å². The first-order chi connectivity index (χ1) is 15.3. The van der Waals surface area contributed by atoms with Gasteiger partial charge in [-0.05, 0) is 115 Å². The van der Waals surface area contributed by atoms with E-state index >= 15 is 0 Å². The molecule has 4 saturated carbocycles. The summed E-state index contributed by atoms with van der Waals surface area (Å²) in [6.45, 7) is 17.7. The minimum Gasteiger partial charge on any atom is -0.467 e. The SMILES string of the molecule is CC[C@@]1(C)CC[C@H]2[C@@H](CC[C@@]3(C)[C@@H]4CC(C)(C)CC[C@]4(C)CC[C@]23C)[C@@H]1C[C@@H](O)C(=O)OC. The highest BCUT2D eigenvalue weighted by atomic mass is 16.5. The maximum atomic E-state index is 12.2. The molecule has 4 rings (SSSR count). The second-order valence-electron chi connectivity index (χ2n) is 14.6. The lowest BCUT2D eigenvalue weighted by molar-refractivity contribution is -0.226. The van der Waals surface area contributed by atoms with Crippen LogP contribution in [-0.2, 0) is 9.53 Å². The minimum absolute atomic E-state index is 0.205. The van der Waals surface area contributed by atoms with Gasteiger partial charge in [0.1, 0.15) is 0 Å². The van der Waals surface area contributed by atoms with Gasteiger partial charge in [-0.1, -0.05) is 54.9 Å². The zero-order chi connectivity index (χ0) is 24.4. The third kappa shape index (κ3) is 3.82. The summed E-state index contributed by atoms with van der Waals surface area (Å²) in [7, 11) is 1.39. The van der Waals surface area contributed by atoms with Crippen LogP contribution in [0.4, 0.5) is 0 Å². The Hall–Kier alpha value is -0.570. The highest BCUT2D eigenvalue weighted by Gasteiger charge is 2.67. The number of aliphatic hydroxyl groups excluding tert-OH is 1. The first-order valence-corrected chi connectivity index (χ1v) is 14.0. The van der Waals surface area contributed by atoms with Crippen molar-refractivity contribution < 1.29 is 14.6 Å². The Morgan fingerprint density at radius 2 is 1.61 bits per heavy atom. The average molecular weight is 461 g/mol. The van der Waals surface area contributed by atoms with Crippen LogP contribution in [0.25, 0.3) is 0 Å². The normalized spacial score (nSPS) is 49.8. The summed E-state index contributed by atoms with van der Waals surface area (Å²) in [5.41, 5.74) is 1.92. The van der Waals surface area contributed by atoms with Crippen molar-refractivity contribution in [2.75, 3.05) is 7.11 Å². The van der Waals surface area contributed by atoms with Crippen LogP contribution in [0, 0.1) is 50.7 Å². The number of fused-ring (bicyclic) bond motifs is 5. The molecule has 0 heterocycles. The van der Waals surface area contributed by atoms with Gasteiger partial charge < -0.3 is 9.84 Å². The molecule has 4 aliphatic rings. The molecule has 190 valence electrons. The molecule has 0 aromatic carbocycles. The van der Waals surface area contributed by atoms with Crippen molar-refractivity contribution in [1.29, 1.82) is 0 Å². The van der Waals surface area contributed by atoms with Gasteiger partial charge in [0, 0.05) is 0 Å². The Morgan fingerprint density at radius 3 is 2.24 bits per heavy atom. The molecule has 3 heteroatoms. The minimum atomic E-state index is -0.987. The first kappa shape index (κ1) is 25.5.